The molecule has 53 heavy (non-hydrogen) atoms. The van der Waals surface area contributed by atoms with E-state index in [1.165, 1.54) is 151 Å². The van der Waals surface area contributed by atoms with Crippen LogP contribution in [0.25, 0.3) is 22.3 Å². The maximum atomic E-state index is 2.63. The molecule has 4 saturated carbocycles. The molecule has 0 radical (unpaired) electrons. The lowest BCUT2D eigenvalue weighted by atomic mass is 9.77. The largest absolute Gasteiger partial charge is 0.310 e. The van der Waals surface area contributed by atoms with Gasteiger partial charge in [0.1, 0.15) is 0 Å². The van der Waals surface area contributed by atoms with E-state index in [0.29, 0.717) is 11.8 Å². The molecule has 0 spiro atoms. The molecule has 5 aromatic carbocycles. The minimum Gasteiger partial charge on any atom is -0.310 e. The summed E-state index contributed by atoms with van der Waals surface area (Å²) in [5, 5.41) is 0. The highest BCUT2D eigenvalue weighted by molar-refractivity contribution is 5.97. The molecule has 0 aromatic heterocycles. The number of benzene rings is 5. The number of hydrogen-bond donors (Lipinski definition) is 0. The highest BCUT2D eigenvalue weighted by Crippen LogP contribution is 2.57. The third-order valence-electron chi connectivity index (χ3n) is 14.7. The summed E-state index contributed by atoms with van der Waals surface area (Å²) in [5.74, 6) is 3.94. The first-order valence-electron chi connectivity index (χ1n) is 21.4. The molecule has 10 rings (SSSR count). The van der Waals surface area contributed by atoms with Crippen LogP contribution in [0.15, 0.2) is 109 Å². The van der Waals surface area contributed by atoms with Crippen LogP contribution in [0, 0.1) is 11.8 Å². The Labute approximate surface area is 318 Å². The van der Waals surface area contributed by atoms with Gasteiger partial charge in [0, 0.05) is 22.4 Å². The minimum atomic E-state index is -0.124. The predicted octanol–water partition coefficient (Wildman–Crippen LogP) is 15.1. The van der Waals surface area contributed by atoms with Crippen LogP contribution in [-0.4, -0.2) is 0 Å². The molecule has 270 valence electrons. The first-order chi connectivity index (χ1) is 26.0. The Morgan fingerprint density at radius 1 is 0.528 bits per heavy atom. The molecule has 0 aliphatic heterocycles. The van der Waals surface area contributed by atoms with Crippen LogP contribution in [0.4, 0.5) is 17.1 Å². The standard InChI is InChI=1S/C52H57N/c1-52(2)48-19-10-9-18-45(48)46-30-31-49(50(51(46)52)40-24-22-38(23-25-40)36-12-5-3-6-13-36)53(44-17-11-16-41(34-44)37-14-7-4-8-15-37)43-28-26-39(27-29-43)47-33-35-20-21-42(47)32-35/h9-11,16-19,22-31,34-37,42,47H,3-8,12-15,20-21,32-33H2,1-2H3. The fourth-order valence-electron chi connectivity index (χ4n) is 12.0. The zero-order valence-electron chi connectivity index (χ0n) is 32.1. The van der Waals surface area contributed by atoms with E-state index < -0.39 is 0 Å². The second-order valence-electron chi connectivity index (χ2n) is 18.1. The number of rotatable bonds is 7. The number of fused-ring (bicyclic) bond motifs is 5. The molecule has 3 atom stereocenters. The Morgan fingerprint density at radius 3 is 1.92 bits per heavy atom. The van der Waals surface area contributed by atoms with E-state index in [1.807, 2.05) is 0 Å². The van der Waals surface area contributed by atoms with Crippen LogP contribution >= 0.6 is 0 Å². The van der Waals surface area contributed by atoms with Crippen LogP contribution in [0.5, 0.6) is 0 Å². The number of hydrogen-bond acceptors (Lipinski definition) is 1. The number of nitrogens with zero attached hydrogens (tertiary/aromatic N) is 1. The van der Waals surface area contributed by atoms with E-state index in [0.717, 1.165) is 17.8 Å². The van der Waals surface area contributed by atoms with E-state index in [4.69, 9.17) is 0 Å². The van der Waals surface area contributed by atoms with Gasteiger partial charge >= 0.3 is 0 Å². The van der Waals surface area contributed by atoms with Gasteiger partial charge in [0.15, 0.2) is 0 Å². The van der Waals surface area contributed by atoms with Gasteiger partial charge < -0.3 is 4.90 Å². The normalized spacial score (nSPS) is 23.5. The van der Waals surface area contributed by atoms with Crippen molar-refractivity contribution in [1.29, 1.82) is 0 Å². The van der Waals surface area contributed by atoms with Crippen molar-refractivity contribution in [2.24, 2.45) is 11.8 Å². The van der Waals surface area contributed by atoms with E-state index in [2.05, 4.69) is 128 Å². The first kappa shape index (κ1) is 33.5. The molecule has 0 N–H and O–H groups in total. The molecule has 1 heteroatoms. The first-order valence-corrected chi connectivity index (χ1v) is 21.4. The fourth-order valence-corrected chi connectivity index (χ4v) is 12.0. The Balaban J connectivity index is 1.15. The minimum absolute atomic E-state index is 0.124. The summed E-state index contributed by atoms with van der Waals surface area (Å²) >= 11 is 0. The average molecular weight is 696 g/mol. The Hall–Kier alpha value is -4.10. The molecular formula is C52H57N. The van der Waals surface area contributed by atoms with Gasteiger partial charge in [-0.2, -0.15) is 0 Å². The summed E-state index contributed by atoms with van der Waals surface area (Å²) in [6, 6.07) is 43.5. The van der Waals surface area contributed by atoms with Crippen molar-refractivity contribution in [3.8, 4) is 22.3 Å². The van der Waals surface area contributed by atoms with Crippen molar-refractivity contribution in [2.45, 2.75) is 127 Å². The SMILES string of the molecule is CC1(C)c2ccccc2-c2ccc(N(c3ccc(C4CC5CCC4C5)cc3)c3cccc(C4CCCCC4)c3)c(-c3ccc(C4CCCCC4)cc3)c21. The van der Waals surface area contributed by atoms with Crippen LogP contribution in [0.3, 0.4) is 0 Å². The molecule has 1 nitrogen and oxygen atoms in total. The molecule has 3 unspecified atom stereocenters. The zero-order chi connectivity index (χ0) is 35.5. The molecule has 0 heterocycles. The second kappa shape index (κ2) is 13.6. The van der Waals surface area contributed by atoms with Crippen LogP contribution < -0.4 is 4.90 Å². The highest BCUT2D eigenvalue weighted by atomic mass is 15.1. The summed E-state index contributed by atoms with van der Waals surface area (Å²) in [6.45, 7) is 4.92. The van der Waals surface area contributed by atoms with Crippen molar-refractivity contribution in [1.82, 2.24) is 0 Å². The van der Waals surface area contributed by atoms with Crippen molar-refractivity contribution < 1.29 is 0 Å². The third kappa shape index (κ3) is 5.89. The zero-order valence-corrected chi connectivity index (χ0v) is 32.1. The maximum Gasteiger partial charge on any atom is 0.0543 e. The van der Waals surface area contributed by atoms with E-state index in [-0.39, 0.29) is 5.41 Å². The van der Waals surface area contributed by atoms with E-state index in [1.54, 1.807) is 5.56 Å². The molecule has 0 saturated heterocycles. The fraction of sp³-hybridized carbons (Fsp3) is 0.423. The van der Waals surface area contributed by atoms with Crippen LogP contribution in [0.1, 0.15) is 149 Å². The van der Waals surface area contributed by atoms with Crippen LogP contribution in [0.2, 0.25) is 0 Å². The molecule has 5 aliphatic rings. The maximum absolute atomic E-state index is 2.63. The average Bonchev–Trinajstić information content (AvgIpc) is 3.92. The Kier molecular flexibility index (Phi) is 8.61. The summed E-state index contributed by atoms with van der Waals surface area (Å²) in [5.41, 5.74) is 16.7. The van der Waals surface area contributed by atoms with Gasteiger partial charge in [-0.1, -0.05) is 138 Å². The smallest absolute Gasteiger partial charge is 0.0543 e. The van der Waals surface area contributed by atoms with Gasteiger partial charge in [0.2, 0.25) is 0 Å². The summed E-state index contributed by atoms with van der Waals surface area (Å²) < 4.78 is 0. The monoisotopic (exact) mass is 695 g/mol. The topological polar surface area (TPSA) is 3.24 Å². The Bertz CT molecular complexity index is 2090. The van der Waals surface area contributed by atoms with Gasteiger partial charge in [-0.3, -0.25) is 0 Å². The predicted molar refractivity (Wildman–Crippen MR) is 224 cm³/mol. The van der Waals surface area contributed by atoms with Crippen molar-refractivity contribution in [3.05, 3.63) is 137 Å². The van der Waals surface area contributed by atoms with Gasteiger partial charge in [-0.15, -0.1) is 0 Å². The van der Waals surface area contributed by atoms with Crippen LogP contribution in [-0.2, 0) is 5.41 Å². The van der Waals surface area contributed by atoms with E-state index >= 15 is 0 Å². The van der Waals surface area contributed by atoms with Gasteiger partial charge in [-0.25, -0.2) is 0 Å². The van der Waals surface area contributed by atoms with E-state index in [9.17, 15) is 0 Å². The molecule has 2 bridgehead atoms. The van der Waals surface area contributed by atoms with Gasteiger partial charge in [0.25, 0.3) is 0 Å². The molecule has 4 fully saturated rings. The summed E-state index contributed by atoms with van der Waals surface area (Å²) in [4.78, 5) is 2.63. The molecular weight excluding hydrogens is 639 g/mol. The summed E-state index contributed by atoms with van der Waals surface area (Å²) in [6.07, 6.45) is 19.2. The van der Waals surface area contributed by atoms with Crippen molar-refractivity contribution in [2.75, 3.05) is 4.90 Å². The quantitative estimate of drug-likeness (QED) is 0.164. The molecule has 5 aromatic rings. The van der Waals surface area contributed by atoms with Crippen molar-refractivity contribution in [3.63, 3.8) is 0 Å². The van der Waals surface area contributed by atoms with Crippen molar-refractivity contribution >= 4 is 17.1 Å². The number of anilines is 3. The molecule has 0 amide bonds. The lowest BCUT2D eigenvalue weighted by molar-refractivity contribution is 0.420. The third-order valence-corrected chi connectivity index (χ3v) is 14.7. The van der Waals surface area contributed by atoms with Gasteiger partial charge in [0.05, 0.1) is 5.69 Å². The lowest BCUT2D eigenvalue weighted by Gasteiger charge is -2.33. The van der Waals surface area contributed by atoms with Gasteiger partial charge in [-0.05, 0) is 149 Å². The second-order valence-corrected chi connectivity index (χ2v) is 18.1. The Morgan fingerprint density at radius 2 is 1.23 bits per heavy atom. The lowest BCUT2D eigenvalue weighted by Crippen LogP contribution is -2.19. The molecule has 5 aliphatic carbocycles. The summed E-state index contributed by atoms with van der Waals surface area (Å²) in [7, 11) is 0. The highest BCUT2D eigenvalue weighted by Gasteiger charge is 2.41.